The molecule has 176 valence electrons. The standard InChI is InChI=1S/2C12H14N2O2.ClH/c1-16-12(15)10(13)6-8-7-14-11-5-3-2-4-9(8)11;13-9(6-12(15)16)5-8-7-14-11-4-2-1-3-10(8)11;/h2-5,7,10,14H,6,13H2,1H3;1-4,7,9,14H,5-6,13H2,(H,15,16);1H/t10-;9-;/m00./s1. The van der Waals surface area contributed by atoms with Gasteiger partial charge in [0.15, 0.2) is 0 Å². The lowest BCUT2D eigenvalue weighted by molar-refractivity contribution is -0.142. The van der Waals surface area contributed by atoms with Crippen molar-refractivity contribution >= 4 is 46.2 Å². The van der Waals surface area contributed by atoms with E-state index in [0.717, 1.165) is 32.9 Å². The number of hydrogen-bond donors (Lipinski definition) is 5. The molecule has 0 saturated heterocycles. The first kappa shape index (κ1) is 25.9. The molecule has 33 heavy (non-hydrogen) atoms. The topological polar surface area (TPSA) is 147 Å². The molecule has 9 heteroatoms. The minimum atomic E-state index is -0.854. The Kier molecular flexibility index (Phi) is 9.47. The molecule has 2 atom stereocenters. The van der Waals surface area contributed by atoms with Gasteiger partial charge in [0.25, 0.3) is 0 Å². The van der Waals surface area contributed by atoms with Crippen LogP contribution in [-0.2, 0) is 27.2 Å². The first-order valence-corrected chi connectivity index (χ1v) is 10.3. The van der Waals surface area contributed by atoms with Gasteiger partial charge in [-0.05, 0) is 29.7 Å². The van der Waals surface area contributed by atoms with Crippen LogP contribution in [0.3, 0.4) is 0 Å². The molecule has 0 amide bonds. The normalized spacial score (nSPS) is 12.3. The third kappa shape index (κ3) is 6.82. The van der Waals surface area contributed by atoms with Crippen molar-refractivity contribution in [2.75, 3.05) is 7.11 Å². The van der Waals surface area contributed by atoms with Crippen LogP contribution in [-0.4, -0.2) is 46.2 Å². The van der Waals surface area contributed by atoms with E-state index in [1.54, 1.807) is 0 Å². The molecule has 4 aromatic rings. The van der Waals surface area contributed by atoms with Gasteiger partial charge < -0.3 is 31.3 Å². The number of aromatic amines is 2. The van der Waals surface area contributed by atoms with Gasteiger partial charge in [0.2, 0.25) is 0 Å². The van der Waals surface area contributed by atoms with Crippen molar-refractivity contribution in [2.24, 2.45) is 11.5 Å². The Morgan fingerprint density at radius 3 is 1.88 bits per heavy atom. The number of carboxylic acids is 1. The van der Waals surface area contributed by atoms with E-state index < -0.39 is 12.0 Å². The highest BCUT2D eigenvalue weighted by atomic mass is 35.5. The Bertz CT molecular complexity index is 1200. The number of ether oxygens (including phenoxy) is 1. The lowest BCUT2D eigenvalue weighted by Crippen LogP contribution is -2.33. The van der Waals surface area contributed by atoms with Crippen LogP contribution in [0.15, 0.2) is 60.9 Å². The van der Waals surface area contributed by atoms with Crippen LogP contribution in [0.1, 0.15) is 17.5 Å². The molecule has 0 radical (unpaired) electrons. The molecule has 0 aliphatic rings. The Labute approximate surface area is 197 Å². The van der Waals surface area contributed by atoms with E-state index in [9.17, 15) is 9.59 Å². The fourth-order valence-electron chi connectivity index (χ4n) is 3.65. The second-order valence-electron chi connectivity index (χ2n) is 7.61. The Balaban J connectivity index is 0.000000227. The zero-order valence-corrected chi connectivity index (χ0v) is 19.1. The number of fused-ring (bicyclic) bond motifs is 2. The van der Waals surface area contributed by atoms with Gasteiger partial charge in [-0.15, -0.1) is 12.4 Å². The predicted molar refractivity (Wildman–Crippen MR) is 131 cm³/mol. The maximum Gasteiger partial charge on any atom is 0.322 e. The van der Waals surface area contributed by atoms with E-state index in [0.29, 0.717) is 12.8 Å². The van der Waals surface area contributed by atoms with Gasteiger partial charge in [0.05, 0.1) is 13.5 Å². The van der Waals surface area contributed by atoms with Gasteiger partial charge >= 0.3 is 11.9 Å². The van der Waals surface area contributed by atoms with E-state index in [2.05, 4.69) is 14.7 Å². The van der Waals surface area contributed by atoms with Gasteiger partial charge in [-0.3, -0.25) is 9.59 Å². The maximum absolute atomic E-state index is 11.2. The molecular weight excluding hydrogens is 444 g/mol. The van der Waals surface area contributed by atoms with Crippen LogP contribution in [0.25, 0.3) is 21.8 Å². The minimum absolute atomic E-state index is 0. The summed E-state index contributed by atoms with van der Waals surface area (Å²) in [6.45, 7) is 0. The van der Waals surface area contributed by atoms with Crippen molar-refractivity contribution in [3.63, 3.8) is 0 Å². The van der Waals surface area contributed by atoms with Gasteiger partial charge in [0.1, 0.15) is 6.04 Å². The molecular formula is C24H29ClN4O4. The van der Waals surface area contributed by atoms with Crippen molar-refractivity contribution in [1.29, 1.82) is 0 Å². The van der Waals surface area contributed by atoms with Crippen LogP contribution >= 0.6 is 12.4 Å². The van der Waals surface area contributed by atoms with Crippen LogP contribution < -0.4 is 11.5 Å². The number of rotatable bonds is 7. The number of halogens is 1. The number of nitrogens with one attached hydrogen (secondary N) is 2. The van der Waals surface area contributed by atoms with E-state index >= 15 is 0 Å². The summed E-state index contributed by atoms with van der Waals surface area (Å²) in [5.41, 5.74) is 15.7. The number of aliphatic carboxylic acids is 1. The summed E-state index contributed by atoms with van der Waals surface area (Å²) >= 11 is 0. The van der Waals surface area contributed by atoms with Crippen LogP contribution in [0.4, 0.5) is 0 Å². The van der Waals surface area contributed by atoms with Gasteiger partial charge in [-0.2, -0.15) is 0 Å². The van der Waals surface area contributed by atoms with Crippen LogP contribution in [0, 0.1) is 0 Å². The average Bonchev–Trinajstić information content (AvgIpc) is 3.37. The summed E-state index contributed by atoms with van der Waals surface area (Å²) in [6, 6.07) is 14.9. The number of esters is 1. The average molecular weight is 473 g/mol. The van der Waals surface area contributed by atoms with Crippen molar-refractivity contribution in [2.45, 2.75) is 31.3 Å². The Morgan fingerprint density at radius 2 is 1.39 bits per heavy atom. The third-order valence-corrected chi connectivity index (χ3v) is 5.21. The summed E-state index contributed by atoms with van der Waals surface area (Å²) in [7, 11) is 1.34. The number of nitrogens with two attached hydrogens (primary N) is 2. The summed E-state index contributed by atoms with van der Waals surface area (Å²) < 4.78 is 4.60. The number of hydrogen-bond acceptors (Lipinski definition) is 5. The van der Waals surface area contributed by atoms with E-state index in [4.69, 9.17) is 16.6 Å². The smallest absolute Gasteiger partial charge is 0.322 e. The molecule has 7 N–H and O–H groups in total. The summed E-state index contributed by atoms with van der Waals surface area (Å²) in [5.74, 6) is -1.24. The molecule has 4 rings (SSSR count). The fourth-order valence-corrected chi connectivity index (χ4v) is 3.65. The molecule has 0 aliphatic carbocycles. The Hall–Kier alpha value is -3.33. The first-order chi connectivity index (χ1) is 15.4. The van der Waals surface area contributed by atoms with Gasteiger partial charge in [-0.1, -0.05) is 36.4 Å². The number of methoxy groups -OCH3 is 1. The number of carboxylic acid groups (broad SMARTS) is 1. The molecule has 0 fully saturated rings. The number of H-pyrrole nitrogens is 2. The monoisotopic (exact) mass is 472 g/mol. The Morgan fingerprint density at radius 1 is 0.909 bits per heavy atom. The summed E-state index contributed by atoms with van der Waals surface area (Å²) in [5, 5.41) is 10.9. The summed E-state index contributed by atoms with van der Waals surface area (Å²) in [4.78, 5) is 28.0. The zero-order valence-electron chi connectivity index (χ0n) is 18.3. The van der Waals surface area contributed by atoms with E-state index in [1.165, 1.54) is 7.11 Å². The number of benzene rings is 2. The zero-order chi connectivity index (χ0) is 23.1. The molecule has 0 unspecified atom stereocenters. The lowest BCUT2D eigenvalue weighted by atomic mass is 10.0. The van der Waals surface area contributed by atoms with E-state index in [1.807, 2.05) is 60.9 Å². The van der Waals surface area contributed by atoms with Crippen molar-refractivity contribution in [3.05, 3.63) is 72.1 Å². The quantitative estimate of drug-likeness (QED) is 0.261. The van der Waals surface area contributed by atoms with Gasteiger partial charge in [0, 0.05) is 46.7 Å². The van der Waals surface area contributed by atoms with Crippen molar-refractivity contribution in [3.8, 4) is 0 Å². The minimum Gasteiger partial charge on any atom is -0.481 e. The molecule has 8 nitrogen and oxygen atoms in total. The fraction of sp³-hybridized carbons (Fsp3) is 0.250. The molecule has 2 heterocycles. The van der Waals surface area contributed by atoms with E-state index in [-0.39, 0.29) is 30.8 Å². The molecule has 0 saturated carbocycles. The largest absolute Gasteiger partial charge is 0.481 e. The molecule has 2 aromatic heterocycles. The number of carbonyl (C=O) groups is 2. The maximum atomic E-state index is 11.2. The predicted octanol–water partition coefficient (Wildman–Crippen LogP) is 3.14. The highest BCUT2D eigenvalue weighted by molar-refractivity contribution is 5.85. The highest BCUT2D eigenvalue weighted by Crippen LogP contribution is 2.20. The lowest BCUT2D eigenvalue weighted by Gasteiger charge is -2.07. The van der Waals surface area contributed by atoms with Crippen molar-refractivity contribution < 1.29 is 19.4 Å². The number of aromatic nitrogens is 2. The third-order valence-electron chi connectivity index (χ3n) is 5.21. The number of carbonyl (C=O) groups excluding carboxylic acids is 1. The molecule has 0 bridgehead atoms. The van der Waals surface area contributed by atoms with Crippen molar-refractivity contribution in [1.82, 2.24) is 9.97 Å². The van der Waals surface area contributed by atoms with Crippen LogP contribution in [0.2, 0.25) is 0 Å². The van der Waals surface area contributed by atoms with Gasteiger partial charge in [-0.25, -0.2) is 0 Å². The summed E-state index contributed by atoms with van der Waals surface area (Å²) in [6.07, 6.45) is 4.84. The SMILES string of the molecule is COC(=O)[C@@H](N)Cc1c[nH]c2ccccc12.Cl.N[C@H](CC(=O)O)Cc1c[nH]c2ccccc12. The van der Waals surface area contributed by atoms with Crippen LogP contribution in [0.5, 0.6) is 0 Å². The molecule has 0 spiro atoms. The first-order valence-electron chi connectivity index (χ1n) is 10.3. The second kappa shape index (κ2) is 12.1. The second-order valence-corrected chi connectivity index (χ2v) is 7.61. The molecule has 0 aliphatic heterocycles. The highest BCUT2D eigenvalue weighted by Gasteiger charge is 2.16. The molecule has 2 aromatic carbocycles. The number of para-hydroxylation sites is 2.